The topological polar surface area (TPSA) is 76.2 Å². The molecule has 0 aromatic heterocycles. The quantitative estimate of drug-likeness (QED) is 0.521. The van der Waals surface area contributed by atoms with E-state index in [1.807, 2.05) is 60.0 Å². The Bertz CT molecular complexity index is 1030. The van der Waals surface area contributed by atoms with Gasteiger partial charge in [0.25, 0.3) is 0 Å². The first-order chi connectivity index (χ1) is 17.9. The van der Waals surface area contributed by atoms with Gasteiger partial charge in [-0.25, -0.2) is 0 Å². The van der Waals surface area contributed by atoms with Crippen LogP contribution < -0.4 is 0 Å². The van der Waals surface area contributed by atoms with Crippen LogP contribution in [0.4, 0.5) is 0 Å². The number of methoxy groups -OCH3 is 1. The number of piperidine rings is 1. The second-order valence-corrected chi connectivity index (χ2v) is 12.0. The molecule has 37 heavy (non-hydrogen) atoms. The Morgan fingerprint density at radius 3 is 2.51 bits per heavy atom. The minimum Gasteiger partial charge on any atom is -0.468 e. The third-order valence-corrected chi connectivity index (χ3v) is 9.63. The highest BCUT2D eigenvalue weighted by atomic mass is 32.2. The van der Waals surface area contributed by atoms with Crippen molar-refractivity contribution in [3.63, 3.8) is 0 Å². The molecule has 3 fully saturated rings. The number of hydrogen-bond donors (Lipinski definition) is 0. The van der Waals surface area contributed by atoms with Crippen molar-refractivity contribution in [2.24, 2.45) is 17.3 Å². The van der Waals surface area contributed by atoms with Gasteiger partial charge in [-0.1, -0.05) is 43.2 Å². The largest absolute Gasteiger partial charge is 0.468 e. The van der Waals surface area contributed by atoms with Gasteiger partial charge in [-0.3, -0.25) is 14.4 Å². The predicted octanol–water partition coefficient (Wildman–Crippen LogP) is 4.02. The zero-order valence-corrected chi connectivity index (χ0v) is 22.7. The maximum Gasteiger partial charge on any atom is 0.320 e. The minimum absolute atomic E-state index is 0.0148. The molecule has 0 bridgehead atoms. The number of esters is 1. The molecule has 3 heterocycles. The van der Waals surface area contributed by atoms with Crippen molar-refractivity contribution in [2.45, 2.75) is 64.2 Å². The standard InChI is InChI=1S/C29H38N2O5S/c1-20-29(28(34)35-2)18-23(16-26(32)30-12-14-37-15-13-30)27(33)31(19-21-8-4-3-5-9-21)25(29)17-24(36-20)22-10-6-7-11-22/h3-5,8-9,17,20,22-24H,6-7,10-16,18-19H2,1-2H3/t20-,23+,24-,29+/m1/s1. The molecule has 0 N–H and O–H groups in total. The third kappa shape index (κ3) is 5.07. The number of carbonyl (C=O) groups is 3. The fourth-order valence-corrected chi connectivity index (χ4v) is 7.53. The maximum absolute atomic E-state index is 14.1. The first-order valence-electron chi connectivity index (χ1n) is 13.6. The molecular formula is C29H38N2O5S. The predicted molar refractivity (Wildman–Crippen MR) is 142 cm³/mol. The van der Waals surface area contributed by atoms with Crippen LogP contribution in [0.25, 0.3) is 0 Å². The van der Waals surface area contributed by atoms with E-state index in [-0.39, 0.29) is 30.8 Å². The summed E-state index contributed by atoms with van der Waals surface area (Å²) < 4.78 is 11.9. The Balaban J connectivity index is 1.54. The van der Waals surface area contributed by atoms with Gasteiger partial charge >= 0.3 is 5.97 Å². The number of fused-ring (bicyclic) bond motifs is 1. The van der Waals surface area contributed by atoms with Gasteiger partial charge in [-0.05, 0) is 43.7 Å². The number of likely N-dealkylation sites (tertiary alicyclic amines) is 1. The van der Waals surface area contributed by atoms with E-state index in [9.17, 15) is 14.4 Å². The zero-order chi connectivity index (χ0) is 26.0. The number of thioether (sulfide) groups is 1. The number of nitrogens with zero attached hydrogens (tertiary/aromatic N) is 2. The fraction of sp³-hybridized carbons (Fsp3) is 0.621. The molecule has 0 unspecified atom stereocenters. The Morgan fingerprint density at radius 2 is 1.84 bits per heavy atom. The summed E-state index contributed by atoms with van der Waals surface area (Å²) in [7, 11) is 1.40. The monoisotopic (exact) mass is 526 g/mol. The highest BCUT2D eigenvalue weighted by Gasteiger charge is 2.60. The molecule has 5 rings (SSSR count). The van der Waals surface area contributed by atoms with E-state index in [4.69, 9.17) is 9.47 Å². The Kier molecular flexibility index (Phi) is 7.96. The molecule has 0 radical (unpaired) electrons. The molecule has 1 aromatic rings. The van der Waals surface area contributed by atoms with Gasteiger partial charge in [0.05, 0.1) is 25.9 Å². The Hall–Kier alpha value is -2.32. The van der Waals surface area contributed by atoms with Crippen molar-refractivity contribution in [1.82, 2.24) is 9.80 Å². The van der Waals surface area contributed by atoms with Gasteiger partial charge < -0.3 is 19.3 Å². The molecule has 1 saturated carbocycles. The van der Waals surface area contributed by atoms with E-state index < -0.39 is 23.4 Å². The van der Waals surface area contributed by atoms with E-state index in [1.165, 1.54) is 20.0 Å². The van der Waals surface area contributed by atoms with Gasteiger partial charge in [-0.15, -0.1) is 0 Å². The molecule has 2 amide bonds. The average molecular weight is 527 g/mol. The van der Waals surface area contributed by atoms with Crippen LogP contribution in [0.2, 0.25) is 0 Å². The van der Waals surface area contributed by atoms with Crippen LogP contribution in [-0.2, 0) is 30.4 Å². The van der Waals surface area contributed by atoms with E-state index in [0.717, 1.165) is 29.9 Å². The Labute approximate surface area is 223 Å². The average Bonchev–Trinajstić information content (AvgIpc) is 3.47. The van der Waals surface area contributed by atoms with E-state index in [1.54, 1.807) is 4.90 Å². The summed E-state index contributed by atoms with van der Waals surface area (Å²) in [6, 6.07) is 9.84. The molecule has 200 valence electrons. The number of carbonyl (C=O) groups excluding carboxylic acids is 3. The van der Waals surface area contributed by atoms with Crippen molar-refractivity contribution in [3.05, 3.63) is 47.7 Å². The van der Waals surface area contributed by atoms with Gasteiger partial charge in [0.15, 0.2) is 0 Å². The summed E-state index contributed by atoms with van der Waals surface area (Å²) in [5, 5.41) is 0. The summed E-state index contributed by atoms with van der Waals surface area (Å²) in [6.07, 6.45) is 6.28. The molecule has 4 aliphatic rings. The molecule has 2 saturated heterocycles. The molecule has 1 aromatic carbocycles. The number of ether oxygens (including phenoxy) is 2. The SMILES string of the molecule is COC(=O)[C@]12C[C@H](CC(=O)N3CCSCC3)C(=O)N(Cc3ccccc3)C1=C[C@H](C1CCCC1)O[C@@H]2C. The maximum atomic E-state index is 14.1. The molecular weight excluding hydrogens is 488 g/mol. The summed E-state index contributed by atoms with van der Waals surface area (Å²) in [4.78, 5) is 44.6. The second kappa shape index (κ2) is 11.2. The second-order valence-electron chi connectivity index (χ2n) is 10.8. The van der Waals surface area contributed by atoms with Crippen LogP contribution in [0, 0.1) is 17.3 Å². The molecule has 7 nitrogen and oxygen atoms in total. The summed E-state index contributed by atoms with van der Waals surface area (Å²) in [5.41, 5.74) is 0.545. The van der Waals surface area contributed by atoms with Crippen LogP contribution in [0.5, 0.6) is 0 Å². The van der Waals surface area contributed by atoms with Crippen LogP contribution in [0.3, 0.4) is 0 Å². The highest BCUT2D eigenvalue weighted by Crippen LogP contribution is 2.52. The first-order valence-corrected chi connectivity index (χ1v) is 14.8. The molecule has 0 spiro atoms. The lowest BCUT2D eigenvalue weighted by Crippen LogP contribution is -2.60. The summed E-state index contributed by atoms with van der Waals surface area (Å²) in [6.45, 7) is 3.69. The van der Waals surface area contributed by atoms with Crippen molar-refractivity contribution in [3.8, 4) is 0 Å². The number of rotatable bonds is 6. The first kappa shape index (κ1) is 26.3. The van der Waals surface area contributed by atoms with Gasteiger partial charge in [0.2, 0.25) is 11.8 Å². The molecule has 4 atom stereocenters. The third-order valence-electron chi connectivity index (χ3n) is 8.69. The molecule has 8 heteroatoms. The lowest BCUT2D eigenvalue weighted by atomic mass is 9.66. The fourth-order valence-electron chi connectivity index (χ4n) is 6.63. The van der Waals surface area contributed by atoms with E-state index in [0.29, 0.717) is 31.2 Å². The summed E-state index contributed by atoms with van der Waals surface area (Å²) in [5.74, 6) is 1.10. The highest BCUT2D eigenvalue weighted by molar-refractivity contribution is 7.99. The van der Waals surface area contributed by atoms with Crippen LogP contribution in [0.1, 0.15) is 51.0 Å². The van der Waals surface area contributed by atoms with Crippen molar-refractivity contribution in [1.29, 1.82) is 0 Å². The van der Waals surface area contributed by atoms with Crippen molar-refractivity contribution in [2.75, 3.05) is 31.7 Å². The van der Waals surface area contributed by atoms with Gasteiger partial charge in [0, 0.05) is 42.6 Å². The minimum atomic E-state index is -1.13. The van der Waals surface area contributed by atoms with Gasteiger partial charge in [-0.2, -0.15) is 11.8 Å². The van der Waals surface area contributed by atoms with E-state index in [2.05, 4.69) is 0 Å². The smallest absolute Gasteiger partial charge is 0.320 e. The van der Waals surface area contributed by atoms with Crippen molar-refractivity contribution < 1.29 is 23.9 Å². The number of amides is 2. The zero-order valence-electron chi connectivity index (χ0n) is 21.9. The number of benzene rings is 1. The number of hydrogen-bond acceptors (Lipinski definition) is 6. The van der Waals surface area contributed by atoms with Crippen LogP contribution in [-0.4, -0.2) is 71.5 Å². The lowest BCUT2D eigenvalue weighted by Gasteiger charge is -2.52. The Morgan fingerprint density at radius 1 is 1.14 bits per heavy atom. The normalized spacial score (nSPS) is 30.6. The lowest BCUT2D eigenvalue weighted by molar-refractivity contribution is -0.178. The van der Waals surface area contributed by atoms with Crippen LogP contribution >= 0.6 is 11.8 Å². The van der Waals surface area contributed by atoms with E-state index >= 15 is 0 Å². The van der Waals surface area contributed by atoms with Gasteiger partial charge in [0.1, 0.15) is 5.41 Å². The molecule has 1 aliphatic carbocycles. The van der Waals surface area contributed by atoms with Crippen LogP contribution in [0.15, 0.2) is 42.1 Å². The summed E-state index contributed by atoms with van der Waals surface area (Å²) >= 11 is 1.84. The van der Waals surface area contributed by atoms with Crippen molar-refractivity contribution >= 4 is 29.5 Å². The molecule has 3 aliphatic heterocycles.